The minimum Gasteiger partial charge on any atom is -0.370 e. The van der Waals surface area contributed by atoms with Gasteiger partial charge >= 0.3 is 0 Å². The molecule has 0 atom stereocenters. The molecular formula is C15H24FN3. The predicted octanol–water partition coefficient (Wildman–Crippen LogP) is 2.81. The number of halogens is 1. The summed E-state index contributed by atoms with van der Waals surface area (Å²) in [6.07, 6.45) is 2.21. The summed E-state index contributed by atoms with van der Waals surface area (Å²) in [5.41, 5.74) is 6.70. The molecule has 0 aliphatic carbocycles. The quantitative estimate of drug-likeness (QED) is 0.472. The highest BCUT2D eigenvalue weighted by atomic mass is 19.1. The van der Waals surface area contributed by atoms with Crippen molar-refractivity contribution in [1.82, 2.24) is 5.32 Å². The van der Waals surface area contributed by atoms with Crippen molar-refractivity contribution in [3.05, 3.63) is 35.6 Å². The fourth-order valence-corrected chi connectivity index (χ4v) is 1.72. The van der Waals surface area contributed by atoms with Crippen LogP contribution in [0.15, 0.2) is 29.3 Å². The molecule has 0 saturated carbocycles. The van der Waals surface area contributed by atoms with Crippen molar-refractivity contribution in [2.45, 2.75) is 39.0 Å². The average molecular weight is 265 g/mol. The standard InChI is InChI=1S/C15H24FN3/c1-4-5-10-18-14(17)19-11-15(2,3)12-6-8-13(16)9-7-12/h6-9H,4-5,10-11H2,1-3H3,(H3,17,18,19). The summed E-state index contributed by atoms with van der Waals surface area (Å²) >= 11 is 0. The van der Waals surface area contributed by atoms with Crippen LogP contribution < -0.4 is 11.1 Å². The summed E-state index contributed by atoms with van der Waals surface area (Å²) in [6.45, 7) is 7.70. The molecule has 3 nitrogen and oxygen atoms in total. The lowest BCUT2D eigenvalue weighted by Gasteiger charge is -2.23. The lowest BCUT2D eigenvalue weighted by molar-refractivity contribution is 0.535. The Balaban J connectivity index is 2.58. The number of nitrogens with zero attached hydrogens (tertiary/aromatic N) is 1. The third-order valence-electron chi connectivity index (χ3n) is 3.11. The Morgan fingerprint density at radius 1 is 1.32 bits per heavy atom. The van der Waals surface area contributed by atoms with Crippen molar-refractivity contribution in [2.75, 3.05) is 13.1 Å². The number of guanidine groups is 1. The summed E-state index contributed by atoms with van der Waals surface area (Å²) in [7, 11) is 0. The molecule has 3 N–H and O–H groups in total. The Bertz CT molecular complexity index is 410. The summed E-state index contributed by atoms with van der Waals surface area (Å²) in [5, 5.41) is 3.08. The van der Waals surface area contributed by atoms with Crippen LogP contribution in [-0.2, 0) is 5.41 Å². The number of benzene rings is 1. The molecule has 0 bridgehead atoms. The van der Waals surface area contributed by atoms with Crippen molar-refractivity contribution in [3.63, 3.8) is 0 Å². The first kappa shape index (κ1) is 15.5. The van der Waals surface area contributed by atoms with Crippen molar-refractivity contribution in [2.24, 2.45) is 10.7 Å². The van der Waals surface area contributed by atoms with Crippen LogP contribution in [0.1, 0.15) is 39.2 Å². The van der Waals surface area contributed by atoms with Crippen LogP contribution in [0.2, 0.25) is 0 Å². The van der Waals surface area contributed by atoms with Gasteiger partial charge in [0.15, 0.2) is 5.96 Å². The Hall–Kier alpha value is -1.58. The van der Waals surface area contributed by atoms with Crippen LogP contribution >= 0.6 is 0 Å². The molecule has 4 heteroatoms. The second-order valence-corrected chi connectivity index (χ2v) is 5.37. The highest BCUT2D eigenvalue weighted by Gasteiger charge is 2.20. The van der Waals surface area contributed by atoms with Gasteiger partial charge in [-0.1, -0.05) is 39.3 Å². The third kappa shape index (κ3) is 5.28. The Morgan fingerprint density at radius 2 is 1.95 bits per heavy atom. The van der Waals surface area contributed by atoms with Gasteiger partial charge in [0.25, 0.3) is 0 Å². The van der Waals surface area contributed by atoms with Crippen molar-refractivity contribution >= 4 is 5.96 Å². The Kier molecular flexibility index (Phi) is 5.80. The molecule has 1 aromatic rings. The fourth-order valence-electron chi connectivity index (χ4n) is 1.72. The molecule has 0 aliphatic heterocycles. The first-order valence-electron chi connectivity index (χ1n) is 6.75. The van der Waals surface area contributed by atoms with Gasteiger partial charge in [-0.3, -0.25) is 4.99 Å². The zero-order valence-electron chi connectivity index (χ0n) is 12.0. The van der Waals surface area contributed by atoms with E-state index in [4.69, 9.17) is 5.73 Å². The minimum atomic E-state index is -0.219. The van der Waals surface area contributed by atoms with E-state index >= 15 is 0 Å². The fraction of sp³-hybridized carbons (Fsp3) is 0.533. The third-order valence-corrected chi connectivity index (χ3v) is 3.11. The van der Waals surface area contributed by atoms with E-state index in [0.717, 1.165) is 24.9 Å². The molecule has 0 saturated heterocycles. The number of hydrogen-bond donors (Lipinski definition) is 2. The van der Waals surface area contributed by atoms with Crippen molar-refractivity contribution < 1.29 is 4.39 Å². The van der Waals surface area contributed by atoms with E-state index in [-0.39, 0.29) is 11.2 Å². The second kappa shape index (κ2) is 7.12. The van der Waals surface area contributed by atoms with Gasteiger partial charge in [0.05, 0.1) is 6.54 Å². The van der Waals surface area contributed by atoms with Crippen LogP contribution in [-0.4, -0.2) is 19.0 Å². The zero-order valence-corrected chi connectivity index (χ0v) is 12.0. The molecule has 0 unspecified atom stereocenters. The van der Waals surface area contributed by atoms with E-state index in [1.165, 1.54) is 12.1 Å². The summed E-state index contributed by atoms with van der Waals surface area (Å²) < 4.78 is 12.9. The molecule has 0 amide bonds. The molecule has 106 valence electrons. The van der Waals surface area contributed by atoms with Crippen LogP contribution in [0.25, 0.3) is 0 Å². The lowest BCUT2D eigenvalue weighted by atomic mass is 9.85. The molecule has 1 rings (SSSR count). The molecule has 0 aliphatic rings. The maximum atomic E-state index is 12.9. The first-order valence-corrected chi connectivity index (χ1v) is 6.75. The van der Waals surface area contributed by atoms with Gasteiger partial charge in [-0.2, -0.15) is 0 Å². The lowest BCUT2D eigenvalue weighted by Crippen LogP contribution is -2.34. The van der Waals surface area contributed by atoms with Gasteiger partial charge in [0, 0.05) is 12.0 Å². The van der Waals surface area contributed by atoms with Gasteiger partial charge in [-0.05, 0) is 24.1 Å². The molecule has 0 spiro atoms. The van der Waals surface area contributed by atoms with Gasteiger partial charge in [0.1, 0.15) is 5.82 Å². The average Bonchev–Trinajstić information content (AvgIpc) is 2.37. The highest BCUT2D eigenvalue weighted by molar-refractivity contribution is 5.77. The molecule has 19 heavy (non-hydrogen) atoms. The van der Waals surface area contributed by atoms with Crippen LogP contribution in [0.3, 0.4) is 0 Å². The first-order chi connectivity index (χ1) is 8.95. The van der Waals surface area contributed by atoms with E-state index in [2.05, 4.69) is 31.1 Å². The predicted molar refractivity (Wildman–Crippen MR) is 78.8 cm³/mol. The molecular weight excluding hydrogens is 241 g/mol. The molecule has 0 radical (unpaired) electrons. The van der Waals surface area contributed by atoms with Crippen molar-refractivity contribution in [3.8, 4) is 0 Å². The van der Waals surface area contributed by atoms with Gasteiger partial charge in [-0.25, -0.2) is 4.39 Å². The number of rotatable bonds is 6. The maximum Gasteiger partial charge on any atom is 0.188 e. The molecule has 0 aromatic heterocycles. The molecule has 0 fully saturated rings. The van der Waals surface area contributed by atoms with E-state index in [9.17, 15) is 4.39 Å². The number of hydrogen-bond acceptors (Lipinski definition) is 1. The van der Waals surface area contributed by atoms with E-state index in [1.807, 2.05) is 0 Å². The zero-order chi connectivity index (χ0) is 14.3. The SMILES string of the molecule is CCCCNC(N)=NCC(C)(C)c1ccc(F)cc1. The summed E-state index contributed by atoms with van der Waals surface area (Å²) in [5.74, 6) is 0.257. The number of aliphatic imine (C=N–C) groups is 1. The van der Waals surface area contributed by atoms with Crippen LogP contribution in [0.4, 0.5) is 4.39 Å². The van der Waals surface area contributed by atoms with E-state index < -0.39 is 0 Å². The Morgan fingerprint density at radius 3 is 2.53 bits per heavy atom. The van der Waals surface area contributed by atoms with Crippen molar-refractivity contribution in [1.29, 1.82) is 0 Å². The van der Waals surface area contributed by atoms with Crippen LogP contribution in [0, 0.1) is 5.82 Å². The monoisotopic (exact) mass is 265 g/mol. The van der Waals surface area contributed by atoms with Gasteiger partial charge < -0.3 is 11.1 Å². The number of nitrogens with two attached hydrogens (primary N) is 1. The maximum absolute atomic E-state index is 12.9. The smallest absolute Gasteiger partial charge is 0.188 e. The van der Waals surface area contributed by atoms with Crippen LogP contribution in [0.5, 0.6) is 0 Å². The summed E-state index contributed by atoms with van der Waals surface area (Å²) in [6, 6.07) is 6.55. The number of nitrogens with one attached hydrogen (secondary N) is 1. The second-order valence-electron chi connectivity index (χ2n) is 5.37. The molecule has 0 heterocycles. The summed E-state index contributed by atoms with van der Waals surface area (Å²) in [4.78, 5) is 4.36. The highest BCUT2D eigenvalue weighted by Crippen LogP contribution is 2.23. The number of unbranched alkanes of at least 4 members (excludes halogenated alkanes) is 1. The Labute approximate surface area is 115 Å². The van der Waals surface area contributed by atoms with Gasteiger partial charge in [-0.15, -0.1) is 0 Å². The molecule has 1 aromatic carbocycles. The van der Waals surface area contributed by atoms with E-state index in [1.54, 1.807) is 12.1 Å². The largest absolute Gasteiger partial charge is 0.370 e. The van der Waals surface area contributed by atoms with Gasteiger partial charge in [0.2, 0.25) is 0 Å². The minimum absolute atomic E-state index is 0.162. The van der Waals surface area contributed by atoms with E-state index in [0.29, 0.717) is 12.5 Å². The normalized spacial score (nSPS) is 12.5. The topological polar surface area (TPSA) is 50.4 Å².